The molecule has 0 saturated carbocycles. The van der Waals surface area contributed by atoms with Gasteiger partial charge in [-0.15, -0.1) is 0 Å². The molecule has 0 aromatic heterocycles. The maximum Gasteiger partial charge on any atom is 0.280 e. The van der Waals surface area contributed by atoms with Gasteiger partial charge in [0, 0.05) is 25.1 Å². The third-order valence-electron chi connectivity index (χ3n) is 5.49. The van der Waals surface area contributed by atoms with E-state index < -0.39 is 0 Å². The number of carbonyl (C=O) groups excluding carboxylic acids is 2. The molecule has 0 spiro atoms. The topological polar surface area (TPSA) is 92.6 Å². The summed E-state index contributed by atoms with van der Waals surface area (Å²) in [7, 11) is 3.20. The van der Waals surface area contributed by atoms with E-state index in [1.54, 1.807) is 32.4 Å². The number of hydrogen-bond donors (Lipinski definition) is 1. The predicted octanol–water partition coefficient (Wildman–Crippen LogP) is 3.19. The van der Waals surface area contributed by atoms with E-state index in [-0.39, 0.29) is 16.9 Å². The van der Waals surface area contributed by atoms with Crippen LogP contribution < -0.4 is 14.8 Å². The van der Waals surface area contributed by atoms with E-state index >= 15 is 0 Å². The Hall–Kier alpha value is -3.59. The molecule has 0 bridgehead atoms. The summed E-state index contributed by atoms with van der Waals surface area (Å²) in [6.07, 6.45) is 1.62. The number of fused-ring (bicyclic) bond motifs is 3. The van der Waals surface area contributed by atoms with Gasteiger partial charge < -0.3 is 14.8 Å². The van der Waals surface area contributed by atoms with Crippen LogP contribution in [0.3, 0.4) is 0 Å². The predicted molar refractivity (Wildman–Crippen MR) is 130 cm³/mol. The lowest BCUT2D eigenvalue weighted by Crippen LogP contribution is -2.46. The molecule has 33 heavy (non-hydrogen) atoms. The molecule has 170 valence electrons. The Morgan fingerprint density at radius 1 is 1.00 bits per heavy atom. The second kappa shape index (κ2) is 9.91. The quantitative estimate of drug-likeness (QED) is 0.455. The van der Waals surface area contributed by atoms with E-state index in [0.29, 0.717) is 55.2 Å². The van der Waals surface area contributed by atoms with Crippen LogP contribution >= 0.6 is 12.2 Å². The molecule has 9 heteroatoms. The Balaban J connectivity index is 1.27. The summed E-state index contributed by atoms with van der Waals surface area (Å²) in [5, 5.41) is 3.12. The van der Waals surface area contributed by atoms with Crippen molar-refractivity contribution in [2.75, 3.05) is 20.8 Å². The molecule has 8 nitrogen and oxygen atoms in total. The van der Waals surface area contributed by atoms with Gasteiger partial charge in [0.05, 0.1) is 19.9 Å². The zero-order chi connectivity index (χ0) is 23.4. The molecular weight excluding hydrogens is 440 g/mol. The molecule has 0 saturated heterocycles. The molecule has 2 heterocycles. The number of unbranched alkanes of at least 4 members (excludes halogenated alkanes) is 1. The van der Waals surface area contributed by atoms with E-state index in [2.05, 4.69) is 15.3 Å². The summed E-state index contributed by atoms with van der Waals surface area (Å²) in [6, 6.07) is 12.9. The van der Waals surface area contributed by atoms with Crippen molar-refractivity contribution < 1.29 is 19.1 Å². The Kier molecular flexibility index (Phi) is 6.79. The first-order chi connectivity index (χ1) is 16.0. The molecule has 2 aliphatic rings. The smallest absolute Gasteiger partial charge is 0.280 e. The maximum absolute atomic E-state index is 13.0. The molecule has 1 N–H and O–H groups in total. The number of amides is 2. The average molecular weight is 465 g/mol. The number of hydrogen-bond acceptors (Lipinski definition) is 6. The lowest BCUT2D eigenvalue weighted by molar-refractivity contribution is -0.121. The van der Waals surface area contributed by atoms with Crippen molar-refractivity contribution in [3.63, 3.8) is 0 Å². The Bertz CT molecular complexity index is 1160. The largest absolute Gasteiger partial charge is 0.497 e. The van der Waals surface area contributed by atoms with Gasteiger partial charge in [-0.05, 0) is 61.0 Å². The van der Waals surface area contributed by atoms with Gasteiger partial charge in [-0.2, -0.15) is 0 Å². The van der Waals surface area contributed by atoms with E-state index in [1.165, 1.54) is 4.90 Å². The molecule has 0 fully saturated rings. The first-order valence-electron chi connectivity index (χ1n) is 10.6. The van der Waals surface area contributed by atoms with Crippen LogP contribution in [0.15, 0.2) is 52.4 Å². The van der Waals surface area contributed by atoms with Crippen molar-refractivity contribution >= 4 is 46.3 Å². The number of thiocarbonyl (C=S) groups is 1. The van der Waals surface area contributed by atoms with E-state index in [4.69, 9.17) is 21.7 Å². The molecule has 0 aliphatic carbocycles. The number of nitrogens with zero attached hydrogens (tertiary/aromatic N) is 3. The van der Waals surface area contributed by atoms with Crippen molar-refractivity contribution in [2.45, 2.75) is 25.8 Å². The zero-order valence-electron chi connectivity index (χ0n) is 18.5. The van der Waals surface area contributed by atoms with Crippen LogP contribution in [0.2, 0.25) is 0 Å². The summed E-state index contributed by atoms with van der Waals surface area (Å²) in [5.74, 6) is 1.14. The number of rotatable bonds is 9. The Morgan fingerprint density at radius 3 is 2.45 bits per heavy atom. The maximum atomic E-state index is 13.0. The van der Waals surface area contributed by atoms with Crippen LogP contribution in [0.1, 0.15) is 30.4 Å². The van der Waals surface area contributed by atoms with Crippen molar-refractivity contribution in [1.82, 2.24) is 10.2 Å². The number of benzene rings is 2. The molecule has 0 unspecified atom stereocenters. The lowest BCUT2D eigenvalue weighted by atomic mass is 10.0. The molecule has 0 atom stereocenters. The minimum absolute atomic E-state index is 0.0387. The van der Waals surface area contributed by atoms with E-state index in [1.807, 2.05) is 24.3 Å². The van der Waals surface area contributed by atoms with Gasteiger partial charge in [-0.25, -0.2) is 9.98 Å². The zero-order valence-corrected chi connectivity index (χ0v) is 19.3. The minimum Gasteiger partial charge on any atom is -0.497 e. The number of nitrogens with one attached hydrogen (secondary N) is 1. The van der Waals surface area contributed by atoms with Crippen molar-refractivity contribution in [3.05, 3.63) is 53.6 Å². The fraction of sp³-hybridized carbons (Fsp3) is 0.292. The van der Waals surface area contributed by atoms with Gasteiger partial charge in [0.2, 0.25) is 11.0 Å². The monoisotopic (exact) mass is 464 g/mol. The first-order valence-corrected chi connectivity index (χ1v) is 11.0. The van der Waals surface area contributed by atoms with Crippen molar-refractivity contribution in [2.24, 2.45) is 9.98 Å². The average Bonchev–Trinajstić information content (AvgIpc) is 3.20. The minimum atomic E-state index is -0.260. The molecule has 2 aliphatic heterocycles. The highest BCUT2D eigenvalue weighted by molar-refractivity contribution is 7.80. The van der Waals surface area contributed by atoms with Gasteiger partial charge in [-0.3, -0.25) is 14.5 Å². The van der Waals surface area contributed by atoms with Gasteiger partial charge in [0.15, 0.2) is 5.71 Å². The second-order valence-electron chi connectivity index (χ2n) is 7.63. The Labute approximate surface area is 197 Å². The number of ether oxygens (including phenoxy) is 2. The summed E-state index contributed by atoms with van der Waals surface area (Å²) in [4.78, 5) is 35.5. The summed E-state index contributed by atoms with van der Waals surface area (Å²) < 4.78 is 10.4. The fourth-order valence-electron chi connectivity index (χ4n) is 3.65. The molecule has 2 amide bonds. The normalized spacial score (nSPS) is 14.3. The number of methoxy groups -OCH3 is 2. The van der Waals surface area contributed by atoms with Crippen molar-refractivity contribution in [1.29, 1.82) is 0 Å². The van der Waals surface area contributed by atoms with Gasteiger partial charge in [0.25, 0.3) is 5.91 Å². The summed E-state index contributed by atoms with van der Waals surface area (Å²) in [5.41, 5.74) is 3.21. The molecule has 2 aromatic carbocycles. The van der Waals surface area contributed by atoms with Gasteiger partial charge in [0.1, 0.15) is 17.2 Å². The first kappa shape index (κ1) is 22.6. The molecule has 4 rings (SSSR count). The SMILES string of the molecule is COc1ccc(CNC(=O)CCCCN2C(=O)C3=Nc4ccc(OC)cc4C3=NC2=S)cc1. The van der Waals surface area contributed by atoms with Gasteiger partial charge in [-0.1, -0.05) is 12.1 Å². The number of carbonyl (C=O) groups is 2. The van der Waals surface area contributed by atoms with Crippen LogP contribution in [0.25, 0.3) is 0 Å². The summed E-state index contributed by atoms with van der Waals surface area (Å²) >= 11 is 5.38. The van der Waals surface area contributed by atoms with Crippen LogP contribution in [0, 0.1) is 0 Å². The fourth-order valence-corrected chi connectivity index (χ4v) is 3.91. The lowest BCUT2D eigenvalue weighted by Gasteiger charge is -2.25. The van der Waals surface area contributed by atoms with Crippen LogP contribution in [0.4, 0.5) is 5.69 Å². The Morgan fingerprint density at radius 2 is 1.73 bits per heavy atom. The standard InChI is InChI=1S/C24H24N4O4S/c1-31-16-8-6-15(7-9-16)14-25-20(29)5-3-4-12-28-23(30)22-21(27-24(28)33)18-13-17(32-2)10-11-19(18)26-22/h6-11,13H,3-5,12,14H2,1-2H3,(H,25,29). The van der Waals surface area contributed by atoms with E-state index in [0.717, 1.165) is 16.9 Å². The van der Waals surface area contributed by atoms with Crippen LogP contribution in [-0.2, 0) is 16.1 Å². The summed E-state index contributed by atoms with van der Waals surface area (Å²) in [6.45, 7) is 0.846. The number of aliphatic imine (C=N–C) groups is 2. The van der Waals surface area contributed by atoms with Crippen LogP contribution in [0.5, 0.6) is 11.5 Å². The highest BCUT2D eigenvalue weighted by Crippen LogP contribution is 2.32. The highest BCUT2D eigenvalue weighted by Gasteiger charge is 2.37. The molecule has 2 aromatic rings. The molecule has 0 radical (unpaired) electrons. The second-order valence-corrected chi connectivity index (χ2v) is 7.99. The third kappa shape index (κ3) is 4.93. The van der Waals surface area contributed by atoms with E-state index in [9.17, 15) is 9.59 Å². The highest BCUT2D eigenvalue weighted by atomic mass is 32.1. The van der Waals surface area contributed by atoms with Gasteiger partial charge >= 0.3 is 0 Å². The van der Waals surface area contributed by atoms with Crippen LogP contribution in [-0.4, -0.2) is 54.0 Å². The molecular formula is C24H24N4O4S. The third-order valence-corrected chi connectivity index (χ3v) is 5.80. The van der Waals surface area contributed by atoms with Crippen molar-refractivity contribution in [3.8, 4) is 11.5 Å².